The van der Waals surface area contributed by atoms with Gasteiger partial charge in [-0.3, -0.25) is 4.79 Å². The molecule has 5 heteroatoms. The predicted molar refractivity (Wildman–Crippen MR) is 95.2 cm³/mol. The molecule has 1 aromatic heterocycles. The van der Waals surface area contributed by atoms with Crippen molar-refractivity contribution in [1.82, 2.24) is 4.98 Å². The van der Waals surface area contributed by atoms with Crippen LogP contribution in [0.1, 0.15) is 52.8 Å². The number of hydrogen-bond donors (Lipinski definition) is 0. The van der Waals surface area contributed by atoms with Gasteiger partial charge in [-0.25, -0.2) is 4.98 Å². The maximum atomic E-state index is 12.3. The van der Waals surface area contributed by atoms with Crippen LogP contribution in [0.5, 0.6) is 5.75 Å². The fourth-order valence-corrected chi connectivity index (χ4v) is 2.38. The van der Waals surface area contributed by atoms with Crippen molar-refractivity contribution in [3.8, 4) is 5.75 Å². The summed E-state index contributed by atoms with van der Waals surface area (Å²) in [6.45, 7) is 14.0. The quantitative estimate of drug-likeness (QED) is 0.547. The SMILES string of the molecule is CC.CCOC(=O)C(C)(Cc1cc(OC)c(Cl)nc1C)C(C)C. The molecule has 0 saturated heterocycles. The molecule has 0 radical (unpaired) electrons. The van der Waals surface area contributed by atoms with Gasteiger partial charge < -0.3 is 9.47 Å². The van der Waals surface area contributed by atoms with Crippen molar-refractivity contribution in [3.05, 3.63) is 22.5 Å². The average molecular weight is 344 g/mol. The monoisotopic (exact) mass is 343 g/mol. The molecule has 1 heterocycles. The van der Waals surface area contributed by atoms with Crippen LogP contribution >= 0.6 is 11.6 Å². The third-order valence-corrected chi connectivity index (χ3v) is 4.30. The van der Waals surface area contributed by atoms with Crippen molar-refractivity contribution in [1.29, 1.82) is 0 Å². The minimum absolute atomic E-state index is 0.137. The lowest BCUT2D eigenvalue weighted by atomic mass is 9.74. The summed E-state index contributed by atoms with van der Waals surface area (Å²) < 4.78 is 10.5. The van der Waals surface area contributed by atoms with E-state index in [1.54, 1.807) is 7.11 Å². The molecule has 1 rings (SSSR count). The van der Waals surface area contributed by atoms with Crippen LogP contribution in [0.25, 0.3) is 0 Å². The highest BCUT2D eigenvalue weighted by molar-refractivity contribution is 6.30. The van der Waals surface area contributed by atoms with Gasteiger partial charge in [-0.2, -0.15) is 0 Å². The number of halogens is 1. The molecule has 23 heavy (non-hydrogen) atoms. The number of aryl methyl sites for hydroxylation is 1. The van der Waals surface area contributed by atoms with E-state index < -0.39 is 5.41 Å². The van der Waals surface area contributed by atoms with Crippen LogP contribution < -0.4 is 4.74 Å². The van der Waals surface area contributed by atoms with E-state index in [4.69, 9.17) is 21.1 Å². The van der Waals surface area contributed by atoms with Gasteiger partial charge in [0.05, 0.1) is 19.1 Å². The van der Waals surface area contributed by atoms with Gasteiger partial charge in [0.2, 0.25) is 0 Å². The summed E-state index contributed by atoms with van der Waals surface area (Å²) in [4.78, 5) is 16.6. The van der Waals surface area contributed by atoms with Crippen molar-refractivity contribution in [2.45, 2.75) is 54.9 Å². The number of rotatable bonds is 6. The van der Waals surface area contributed by atoms with E-state index in [1.165, 1.54) is 0 Å². The van der Waals surface area contributed by atoms with Crippen LogP contribution in [0.3, 0.4) is 0 Å². The molecule has 0 aliphatic rings. The van der Waals surface area contributed by atoms with E-state index in [0.717, 1.165) is 11.3 Å². The Bertz CT molecular complexity index is 517. The molecule has 1 unspecified atom stereocenters. The Kier molecular flexibility index (Phi) is 9.21. The molecule has 0 aromatic carbocycles. The third kappa shape index (κ3) is 5.38. The molecule has 0 bridgehead atoms. The van der Waals surface area contributed by atoms with Crippen molar-refractivity contribution < 1.29 is 14.3 Å². The molecule has 0 aliphatic carbocycles. The second kappa shape index (κ2) is 9.76. The summed E-state index contributed by atoms with van der Waals surface area (Å²) in [5.41, 5.74) is 1.14. The standard InChI is InChI=1S/C16H24ClNO3.C2H6/c1-7-21-15(19)16(5,10(2)3)9-12-8-13(20-6)14(17)18-11(12)4;1-2/h8,10H,7,9H2,1-6H3;1-2H3. The van der Waals surface area contributed by atoms with Crippen LogP contribution in [0.15, 0.2) is 6.07 Å². The van der Waals surface area contributed by atoms with Gasteiger partial charge in [0.25, 0.3) is 0 Å². The molecule has 4 nitrogen and oxygen atoms in total. The number of hydrogen-bond acceptors (Lipinski definition) is 4. The smallest absolute Gasteiger partial charge is 0.312 e. The molecule has 0 spiro atoms. The average Bonchev–Trinajstić information content (AvgIpc) is 2.51. The summed E-state index contributed by atoms with van der Waals surface area (Å²) in [5.74, 6) is 0.471. The third-order valence-electron chi connectivity index (χ3n) is 4.03. The van der Waals surface area contributed by atoms with Crippen molar-refractivity contribution in [2.24, 2.45) is 11.3 Å². The Morgan fingerprint density at radius 1 is 1.39 bits per heavy atom. The first-order valence-corrected chi connectivity index (χ1v) is 8.51. The largest absolute Gasteiger partial charge is 0.494 e. The highest BCUT2D eigenvalue weighted by Gasteiger charge is 2.38. The van der Waals surface area contributed by atoms with Gasteiger partial charge in [0.15, 0.2) is 10.9 Å². The molecule has 0 fully saturated rings. The molecule has 1 aromatic rings. The second-order valence-electron chi connectivity index (χ2n) is 5.70. The molecule has 0 N–H and O–H groups in total. The zero-order chi connectivity index (χ0) is 18.2. The number of carbonyl (C=O) groups excluding carboxylic acids is 1. The first-order chi connectivity index (χ1) is 10.8. The molecule has 1 atom stereocenters. The van der Waals surface area contributed by atoms with E-state index in [1.807, 2.05) is 54.5 Å². The van der Waals surface area contributed by atoms with Gasteiger partial charge >= 0.3 is 5.97 Å². The Hall–Kier alpha value is -1.29. The molecule has 0 saturated carbocycles. The van der Waals surface area contributed by atoms with Crippen LogP contribution in [0.4, 0.5) is 0 Å². The number of esters is 1. The first kappa shape index (κ1) is 21.7. The fourth-order valence-electron chi connectivity index (χ4n) is 2.12. The molecule has 0 amide bonds. The Balaban J connectivity index is 0.00000232. The van der Waals surface area contributed by atoms with Crippen molar-refractivity contribution in [3.63, 3.8) is 0 Å². The minimum Gasteiger partial charge on any atom is -0.494 e. The van der Waals surface area contributed by atoms with E-state index in [9.17, 15) is 4.79 Å². The lowest BCUT2D eigenvalue weighted by Gasteiger charge is -2.31. The lowest BCUT2D eigenvalue weighted by Crippen LogP contribution is -2.37. The maximum absolute atomic E-state index is 12.3. The number of methoxy groups -OCH3 is 1. The number of ether oxygens (including phenoxy) is 2. The predicted octanol–water partition coefficient (Wildman–Crippen LogP) is 4.85. The Labute approximate surface area is 145 Å². The zero-order valence-electron chi connectivity index (χ0n) is 15.6. The zero-order valence-corrected chi connectivity index (χ0v) is 16.4. The van der Waals surface area contributed by atoms with Crippen LogP contribution in [0.2, 0.25) is 5.15 Å². The fraction of sp³-hybridized carbons (Fsp3) is 0.667. The minimum atomic E-state index is -0.610. The highest BCUT2D eigenvalue weighted by Crippen LogP contribution is 2.35. The summed E-state index contributed by atoms with van der Waals surface area (Å²) in [6.07, 6.45) is 0.538. The maximum Gasteiger partial charge on any atom is 0.312 e. The molecular weight excluding hydrogens is 314 g/mol. The molecule has 132 valence electrons. The van der Waals surface area contributed by atoms with Gasteiger partial charge in [-0.05, 0) is 44.7 Å². The number of nitrogens with zero attached hydrogens (tertiary/aromatic N) is 1. The normalized spacial score (nSPS) is 13.0. The summed E-state index contributed by atoms with van der Waals surface area (Å²) in [7, 11) is 1.55. The van der Waals surface area contributed by atoms with Gasteiger partial charge in [0.1, 0.15) is 0 Å². The van der Waals surface area contributed by atoms with Gasteiger partial charge in [-0.15, -0.1) is 0 Å². The van der Waals surface area contributed by atoms with Crippen molar-refractivity contribution in [2.75, 3.05) is 13.7 Å². The summed E-state index contributed by atoms with van der Waals surface area (Å²) in [6, 6.07) is 1.85. The van der Waals surface area contributed by atoms with Gasteiger partial charge in [-0.1, -0.05) is 39.3 Å². The number of carbonyl (C=O) groups is 1. The molecular formula is C18H30ClNO3. The van der Waals surface area contributed by atoms with E-state index in [0.29, 0.717) is 23.9 Å². The van der Waals surface area contributed by atoms with Crippen molar-refractivity contribution >= 4 is 17.6 Å². The number of aromatic nitrogens is 1. The highest BCUT2D eigenvalue weighted by atomic mass is 35.5. The summed E-state index contributed by atoms with van der Waals surface area (Å²) >= 11 is 6.02. The first-order valence-electron chi connectivity index (χ1n) is 8.13. The molecule has 0 aliphatic heterocycles. The van der Waals surface area contributed by atoms with Crippen LogP contribution in [0, 0.1) is 18.3 Å². The topological polar surface area (TPSA) is 48.4 Å². The lowest BCUT2D eigenvalue weighted by molar-refractivity contribution is -0.157. The Morgan fingerprint density at radius 2 is 1.96 bits per heavy atom. The van der Waals surface area contributed by atoms with E-state index >= 15 is 0 Å². The van der Waals surface area contributed by atoms with E-state index in [2.05, 4.69) is 4.98 Å². The summed E-state index contributed by atoms with van der Waals surface area (Å²) in [5, 5.41) is 0.334. The van der Waals surface area contributed by atoms with Crippen LogP contribution in [-0.2, 0) is 16.0 Å². The second-order valence-corrected chi connectivity index (χ2v) is 6.05. The van der Waals surface area contributed by atoms with E-state index in [-0.39, 0.29) is 11.9 Å². The van der Waals surface area contributed by atoms with Gasteiger partial charge in [0, 0.05) is 5.69 Å². The Morgan fingerprint density at radius 3 is 2.39 bits per heavy atom. The number of pyridine rings is 1. The van der Waals surface area contributed by atoms with Crippen LogP contribution in [-0.4, -0.2) is 24.7 Å².